The summed E-state index contributed by atoms with van der Waals surface area (Å²) < 4.78 is 0. The molecule has 1 aromatic rings. The van der Waals surface area contributed by atoms with E-state index in [0.717, 1.165) is 18.7 Å². The predicted octanol–water partition coefficient (Wildman–Crippen LogP) is 0.502. The van der Waals surface area contributed by atoms with Gasteiger partial charge in [0.15, 0.2) is 0 Å². The van der Waals surface area contributed by atoms with Crippen molar-refractivity contribution in [3.05, 3.63) is 29.8 Å². The summed E-state index contributed by atoms with van der Waals surface area (Å²) in [4.78, 5) is 25.0. The van der Waals surface area contributed by atoms with E-state index in [-0.39, 0.29) is 11.8 Å². The molecular weight excluding hydrogens is 230 g/mol. The van der Waals surface area contributed by atoms with Gasteiger partial charge in [0, 0.05) is 37.3 Å². The molecule has 5 heteroatoms. The Kier molecular flexibility index (Phi) is 3.94. The van der Waals surface area contributed by atoms with Crippen LogP contribution in [0.2, 0.25) is 0 Å². The highest BCUT2D eigenvalue weighted by Gasteiger charge is 2.21. The SMILES string of the molecule is NCCNC(=O)c1ccc(N2CCCC2=O)cc1. The molecule has 0 aliphatic carbocycles. The summed E-state index contributed by atoms with van der Waals surface area (Å²) in [5.74, 6) is 0.00933. The number of carbonyl (C=O) groups excluding carboxylic acids is 2. The lowest BCUT2D eigenvalue weighted by Gasteiger charge is -2.15. The van der Waals surface area contributed by atoms with E-state index < -0.39 is 0 Å². The summed E-state index contributed by atoms with van der Waals surface area (Å²) in [6.45, 7) is 1.65. The van der Waals surface area contributed by atoms with Gasteiger partial charge < -0.3 is 16.0 Å². The van der Waals surface area contributed by atoms with Gasteiger partial charge in [0.2, 0.25) is 5.91 Å². The smallest absolute Gasteiger partial charge is 0.251 e. The standard InChI is InChI=1S/C13H17N3O2/c14-7-8-15-13(18)10-3-5-11(6-4-10)16-9-1-2-12(16)17/h3-6H,1-2,7-9,14H2,(H,15,18). The van der Waals surface area contributed by atoms with Crippen molar-refractivity contribution >= 4 is 17.5 Å². The first-order chi connectivity index (χ1) is 8.72. The fraction of sp³-hybridized carbons (Fsp3) is 0.385. The van der Waals surface area contributed by atoms with Crippen molar-refractivity contribution in [3.63, 3.8) is 0 Å². The molecule has 96 valence electrons. The summed E-state index contributed by atoms with van der Waals surface area (Å²) in [6.07, 6.45) is 1.51. The molecule has 1 aromatic carbocycles. The molecule has 1 fully saturated rings. The molecular formula is C13H17N3O2. The lowest BCUT2D eigenvalue weighted by atomic mass is 10.2. The zero-order chi connectivity index (χ0) is 13.0. The fourth-order valence-corrected chi connectivity index (χ4v) is 2.00. The third-order valence-electron chi connectivity index (χ3n) is 2.94. The highest BCUT2D eigenvalue weighted by molar-refractivity contribution is 5.97. The van der Waals surface area contributed by atoms with Crippen LogP contribution in [0.5, 0.6) is 0 Å². The van der Waals surface area contributed by atoms with Crippen LogP contribution in [-0.4, -0.2) is 31.4 Å². The third kappa shape index (κ3) is 2.68. The number of hydrogen-bond acceptors (Lipinski definition) is 3. The first-order valence-corrected chi connectivity index (χ1v) is 6.11. The molecule has 0 aromatic heterocycles. The molecule has 2 rings (SSSR count). The van der Waals surface area contributed by atoms with Crippen LogP contribution in [0.1, 0.15) is 23.2 Å². The topological polar surface area (TPSA) is 75.4 Å². The molecule has 0 unspecified atom stereocenters. The Balaban J connectivity index is 2.05. The van der Waals surface area contributed by atoms with Crippen LogP contribution < -0.4 is 16.0 Å². The summed E-state index contributed by atoms with van der Waals surface area (Å²) in [7, 11) is 0. The summed E-state index contributed by atoms with van der Waals surface area (Å²) in [5, 5.41) is 2.70. The van der Waals surface area contributed by atoms with Gasteiger partial charge in [-0.1, -0.05) is 0 Å². The molecule has 1 aliphatic rings. The van der Waals surface area contributed by atoms with Crippen LogP contribution in [0.4, 0.5) is 5.69 Å². The van der Waals surface area contributed by atoms with Crippen molar-refractivity contribution in [2.24, 2.45) is 5.73 Å². The number of amides is 2. The Hall–Kier alpha value is -1.88. The molecule has 2 amide bonds. The minimum Gasteiger partial charge on any atom is -0.351 e. The average Bonchev–Trinajstić information content (AvgIpc) is 2.82. The Morgan fingerprint density at radius 3 is 2.61 bits per heavy atom. The van der Waals surface area contributed by atoms with Crippen molar-refractivity contribution in [1.29, 1.82) is 0 Å². The molecule has 1 heterocycles. The summed E-state index contributed by atoms with van der Waals surface area (Å²) in [6, 6.07) is 7.07. The van der Waals surface area contributed by atoms with Crippen molar-refractivity contribution in [2.75, 3.05) is 24.5 Å². The second-order valence-electron chi connectivity index (χ2n) is 4.24. The molecule has 0 atom stereocenters. The van der Waals surface area contributed by atoms with Crippen LogP contribution >= 0.6 is 0 Å². The number of nitrogens with zero attached hydrogens (tertiary/aromatic N) is 1. The summed E-state index contributed by atoms with van der Waals surface area (Å²) in [5.41, 5.74) is 6.75. The van der Waals surface area contributed by atoms with E-state index >= 15 is 0 Å². The first kappa shape index (κ1) is 12.6. The molecule has 0 radical (unpaired) electrons. The number of anilines is 1. The second kappa shape index (κ2) is 5.64. The number of hydrogen-bond donors (Lipinski definition) is 2. The van der Waals surface area contributed by atoms with E-state index in [1.807, 2.05) is 0 Å². The highest BCUT2D eigenvalue weighted by Crippen LogP contribution is 2.21. The Bertz CT molecular complexity index is 442. The van der Waals surface area contributed by atoms with Crippen LogP contribution in [0, 0.1) is 0 Å². The van der Waals surface area contributed by atoms with Gasteiger partial charge in [0.1, 0.15) is 0 Å². The minimum absolute atomic E-state index is 0.139. The number of benzene rings is 1. The number of nitrogens with one attached hydrogen (secondary N) is 1. The van der Waals surface area contributed by atoms with Gasteiger partial charge in [-0.3, -0.25) is 9.59 Å². The van der Waals surface area contributed by atoms with E-state index in [1.54, 1.807) is 29.2 Å². The van der Waals surface area contributed by atoms with E-state index in [2.05, 4.69) is 5.32 Å². The number of rotatable bonds is 4. The van der Waals surface area contributed by atoms with Gasteiger partial charge in [-0.15, -0.1) is 0 Å². The lowest BCUT2D eigenvalue weighted by Crippen LogP contribution is -2.29. The maximum Gasteiger partial charge on any atom is 0.251 e. The Labute approximate surface area is 106 Å². The minimum atomic E-state index is -0.139. The summed E-state index contributed by atoms with van der Waals surface area (Å²) >= 11 is 0. The second-order valence-corrected chi connectivity index (χ2v) is 4.24. The third-order valence-corrected chi connectivity index (χ3v) is 2.94. The van der Waals surface area contributed by atoms with Gasteiger partial charge in [0.25, 0.3) is 5.91 Å². The zero-order valence-corrected chi connectivity index (χ0v) is 10.2. The maximum atomic E-state index is 11.7. The van der Waals surface area contributed by atoms with E-state index in [0.29, 0.717) is 25.1 Å². The Morgan fingerprint density at radius 1 is 1.33 bits per heavy atom. The molecule has 18 heavy (non-hydrogen) atoms. The predicted molar refractivity (Wildman–Crippen MR) is 69.4 cm³/mol. The normalized spacial score (nSPS) is 14.9. The molecule has 1 aliphatic heterocycles. The van der Waals surface area contributed by atoms with Crippen LogP contribution in [0.3, 0.4) is 0 Å². The lowest BCUT2D eigenvalue weighted by molar-refractivity contribution is -0.117. The quantitative estimate of drug-likeness (QED) is 0.813. The molecule has 5 nitrogen and oxygen atoms in total. The largest absolute Gasteiger partial charge is 0.351 e. The van der Waals surface area contributed by atoms with Crippen LogP contribution in [0.15, 0.2) is 24.3 Å². The monoisotopic (exact) mass is 247 g/mol. The Morgan fingerprint density at radius 2 is 2.06 bits per heavy atom. The van der Waals surface area contributed by atoms with Crippen molar-refractivity contribution in [2.45, 2.75) is 12.8 Å². The maximum absolute atomic E-state index is 11.7. The van der Waals surface area contributed by atoms with Crippen molar-refractivity contribution in [3.8, 4) is 0 Å². The van der Waals surface area contributed by atoms with E-state index in [1.165, 1.54) is 0 Å². The zero-order valence-electron chi connectivity index (χ0n) is 10.2. The van der Waals surface area contributed by atoms with Crippen LogP contribution in [0.25, 0.3) is 0 Å². The molecule has 3 N–H and O–H groups in total. The average molecular weight is 247 g/mol. The number of nitrogens with two attached hydrogens (primary N) is 1. The first-order valence-electron chi connectivity index (χ1n) is 6.11. The van der Waals surface area contributed by atoms with Gasteiger partial charge in [-0.05, 0) is 30.7 Å². The van der Waals surface area contributed by atoms with Crippen LogP contribution in [-0.2, 0) is 4.79 Å². The van der Waals surface area contributed by atoms with Crippen molar-refractivity contribution < 1.29 is 9.59 Å². The molecule has 1 saturated heterocycles. The molecule has 0 spiro atoms. The molecule has 0 saturated carbocycles. The highest BCUT2D eigenvalue weighted by atomic mass is 16.2. The van der Waals surface area contributed by atoms with Crippen molar-refractivity contribution in [1.82, 2.24) is 5.32 Å². The van der Waals surface area contributed by atoms with Gasteiger partial charge in [-0.25, -0.2) is 0 Å². The fourth-order valence-electron chi connectivity index (χ4n) is 2.00. The van der Waals surface area contributed by atoms with E-state index in [9.17, 15) is 9.59 Å². The van der Waals surface area contributed by atoms with Gasteiger partial charge >= 0.3 is 0 Å². The molecule has 0 bridgehead atoms. The van der Waals surface area contributed by atoms with Gasteiger partial charge in [0.05, 0.1) is 0 Å². The van der Waals surface area contributed by atoms with E-state index in [4.69, 9.17) is 5.73 Å². The van der Waals surface area contributed by atoms with Gasteiger partial charge in [-0.2, -0.15) is 0 Å². The number of carbonyl (C=O) groups is 2.